The molecule has 0 spiro atoms. The number of halogens is 1. The van der Waals surface area contributed by atoms with Gasteiger partial charge in [-0.05, 0) is 36.4 Å². The molecule has 0 radical (unpaired) electrons. The molecule has 0 saturated carbocycles. The molecule has 1 aliphatic rings. The molecule has 8 heteroatoms. The molecular formula is C19H18FN3O4. The number of nitrogens with one attached hydrogen (secondary N) is 1. The second-order valence-electron chi connectivity index (χ2n) is 5.91. The molecule has 1 unspecified atom stereocenters. The molecule has 1 heterocycles. The number of amides is 2. The van der Waals surface area contributed by atoms with Crippen molar-refractivity contribution in [3.8, 4) is 0 Å². The molecule has 27 heavy (non-hydrogen) atoms. The highest BCUT2D eigenvalue weighted by molar-refractivity contribution is 6.06. The number of carbonyl (C=O) groups is 2. The fourth-order valence-corrected chi connectivity index (χ4v) is 2.59. The first-order valence-corrected chi connectivity index (χ1v) is 8.19. The zero-order valence-electron chi connectivity index (χ0n) is 14.8. The lowest BCUT2D eigenvalue weighted by atomic mass is 10.0. The lowest BCUT2D eigenvalue weighted by Crippen LogP contribution is -2.28. The fraction of sp³-hybridized carbons (Fsp3) is 0.211. The maximum absolute atomic E-state index is 13.3. The SMILES string of the molecule is COC(=O)N(C)c1ccc(NC(=O)C2CC(c3cccc(F)c3)=NO2)cc1. The first kappa shape index (κ1) is 18.4. The largest absolute Gasteiger partial charge is 0.452 e. The average Bonchev–Trinajstić information content (AvgIpc) is 3.18. The number of oxime groups is 1. The smallest absolute Gasteiger partial charge is 0.413 e. The maximum atomic E-state index is 13.3. The van der Waals surface area contributed by atoms with E-state index in [2.05, 4.69) is 15.2 Å². The van der Waals surface area contributed by atoms with Gasteiger partial charge in [0.2, 0.25) is 6.10 Å². The number of carbonyl (C=O) groups excluding carboxylic acids is 2. The first-order valence-electron chi connectivity index (χ1n) is 8.19. The van der Waals surface area contributed by atoms with Gasteiger partial charge in [0.25, 0.3) is 5.91 Å². The van der Waals surface area contributed by atoms with Crippen LogP contribution < -0.4 is 10.2 Å². The van der Waals surface area contributed by atoms with E-state index in [0.29, 0.717) is 22.6 Å². The molecule has 0 aliphatic carbocycles. The van der Waals surface area contributed by atoms with Crippen molar-refractivity contribution in [1.29, 1.82) is 0 Å². The second-order valence-corrected chi connectivity index (χ2v) is 5.91. The standard InChI is InChI=1S/C19H18FN3O4/c1-23(19(25)26-2)15-8-6-14(7-9-15)21-18(24)17-11-16(22-27-17)12-4-3-5-13(20)10-12/h3-10,17H,11H2,1-2H3,(H,21,24). The number of ether oxygens (including phenoxy) is 1. The van der Waals surface area contributed by atoms with Gasteiger partial charge in [-0.2, -0.15) is 0 Å². The molecule has 2 aromatic carbocycles. The molecular weight excluding hydrogens is 353 g/mol. The van der Waals surface area contributed by atoms with E-state index < -0.39 is 12.2 Å². The Morgan fingerprint density at radius 3 is 2.67 bits per heavy atom. The summed E-state index contributed by atoms with van der Waals surface area (Å²) in [7, 11) is 2.88. The van der Waals surface area contributed by atoms with E-state index in [1.807, 2.05) is 0 Å². The van der Waals surface area contributed by atoms with Crippen LogP contribution in [0, 0.1) is 5.82 Å². The number of anilines is 2. The Kier molecular flexibility index (Phi) is 5.35. The van der Waals surface area contributed by atoms with Crippen molar-refractivity contribution in [1.82, 2.24) is 0 Å². The van der Waals surface area contributed by atoms with E-state index in [4.69, 9.17) is 4.84 Å². The molecule has 0 saturated heterocycles. The van der Waals surface area contributed by atoms with Gasteiger partial charge >= 0.3 is 6.09 Å². The van der Waals surface area contributed by atoms with Crippen molar-refractivity contribution < 1.29 is 23.6 Å². The highest BCUT2D eigenvalue weighted by Crippen LogP contribution is 2.21. The summed E-state index contributed by atoms with van der Waals surface area (Å²) in [6, 6.07) is 12.7. The van der Waals surface area contributed by atoms with Crippen LogP contribution in [0.25, 0.3) is 0 Å². The number of hydrogen-bond donors (Lipinski definition) is 1. The van der Waals surface area contributed by atoms with Crippen LogP contribution in [0.2, 0.25) is 0 Å². The van der Waals surface area contributed by atoms with Gasteiger partial charge < -0.3 is 14.9 Å². The lowest BCUT2D eigenvalue weighted by Gasteiger charge is -2.16. The number of benzene rings is 2. The van der Waals surface area contributed by atoms with Crippen LogP contribution in [0.5, 0.6) is 0 Å². The van der Waals surface area contributed by atoms with Gasteiger partial charge in [-0.1, -0.05) is 17.3 Å². The first-order chi connectivity index (χ1) is 13.0. The van der Waals surface area contributed by atoms with Gasteiger partial charge in [0.1, 0.15) is 5.82 Å². The van der Waals surface area contributed by atoms with Crippen LogP contribution in [0.3, 0.4) is 0 Å². The Bertz CT molecular complexity index is 883. The minimum Gasteiger partial charge on any atom is -0.452 e. The third-order valence-electron chi connectivity index (χ3n) is 4.09. The van der Waals surface area contributed by atoms with Crippen molar-refractivity contribution in [3.63, 3.8) is 0 Å². The van der Waals surface area contributed by atoms with Crippen molar-refractivity contribution in [2.45, 2.75) is 12.5 Å². The highest BCUT2D eigenvalue weighted by atomic mass is 19.1. The van der Waals surface area contributed by atoms with Crippen LogP contribution in [-0.2, 0) is 14.4 Å². The zero-order valence-corrected chi connectivity index (χ0v) is 14.8. The molecule has 140 valence electrons. The van der Waals surface area contributed by atoms with Crippen LogP contribution in [0.1, 0.15) is 12.0 Å². The summed E-state index contributed by atoms with van der Waals surface area (Å²) in [6.45, 7) is 0. The van der Waals surface area contributed by atoms with E-state index in [0.717, 1.165) is 0 Å². The summed E-state index contributed by atoms with van der Waals surface area (Å²) in [5.41, 5.74) is 2.27. The van der Waals surface area contributed by atoms with Crippen molar-refractivity contribution in [3.05, 3.63) is 59.9 Å². The quantitative estimate of drug-likeness (QED) is 0.895. The Morgan fingerprint density at radius 2 is 2.00 bits per heavy atom. The number of rotatable bonds is 4. The van der Waals surface area contributed by atoms with E-state index in [9.17, 15) is 14.0 Å². The average molecular weight is 371 g/mol. The Hall–Kier alpha value is -3.42. The maximum Gasteiger partial charge on any atom is 0.413 e. The summed E-state index contributed by atoms with van der Waals surface area (Å²) in [4.78, 5) is 30.4. The van der Waals surface area contributed by atoms with E-state index >= 15 is 0 Å². The fourth-order valence-electron chi connectivity index (χ4n) is 2.59. The topological polar surface area (TPSA) is 80.2 Å². The van der Waals surface area contributed by atoms with Gasteiger partial charge in [0.05, 0.1) is 12.8 Å². The van der Waals surface area contributed by atoms with Gasteiger partial charge in [-0.25, -0.2) is 9.18 Å². The minimum absolute atomic E-state index is 0.248. The van der Waals surface area contributed by atoms with Crippen LogP contribution in [0.15, 0.2) is 53.7 Å². The van der Waals surface area contributed by atoms with E-state index in [-0.39, 0.29) is 18.1 Å². The molecule has 1 N–H and O–H groups in total. The molecule has 0 bridgehead atoms. The van der Waals surface area contributed by atoms with Crippen molar-refractivity contribution >= 4 is 29.1 Å². The molecule has 3 rings (SSSR count). The van der Waals surface area contributed by atoms with E-state index in [1.54, 1.807) is 43.4 Å². The van der Waals surface area contributed by atoms with Gasteiger partial charge in [0, 0.05) is 30.4 Å². The van der Waals surface area contributed by atoms with Gasteiger partial charge in [-0.3, -0.25) is 9.69 Å². The molecule has 0 aromatic heterocycles. The third kappa shape index (κ3) is 4.22. The third-order valence-corrected chi connectivity index (χ3v) is 4.09. The van der Waals surface area contributed by atoms with Crippen molar-refractivity contribution in [2.24, 2.45) is 5.16 Å². The summed E-state index contributed by atoms with van der Waals surface area (Å²) >= 11 is 0. The molecule has 2 aromatic rings. The summed E-state index contributed by atoms with van der Waals surface area (Å²) in [5.74, 6) is -0.737. The molecule has 1 atom stereocenters. The number of hydrogen-bond acceptors (Lipinski definition) is 5. The summed E-state index contributed by atoms with van der Waals surface area (Å²) in [6.07, 6.45) is -1.04. The van der Waals surface area contributed by atoms with Crippen LogP contribution in [-0.4, -0.2) is 38.0 Å². The Balaban J connectivity index is 1.59. The normalized spacial score (nSPS) is 15.5. The predicted molar refractivity (Wildman–Crippen MR) is 98.3 cm³/mol. The molecule has 1 aliphatic heterocycles. The molecule has 2 amide bonds. The highest BCUT2D eigenvalue weighted by Gasteiger charge is 2.29. The van der Waals surface area contributed by atoms with Crippen LogP contribution >= 0.6 is 0 Å². The predicted octanol–water partition coefficient (Wildman–Crippen LogP) is 3.16. The van der Waals surface area contributed by atoms with Crippen molar-refractivity contribution in [2.75, 3.05) is 24.4 Å². The molecule has 0 fully saturated rings. The number of methoxy groups -OCH3 is 1. The summed E-state index contributed by atoms with van der Waals surface area (Å²) in [5, 5.41) is 6.62. The molecule has 7 nitrogen and oxygen atoms in total. The Labute approximate surface area is 155 Å². The van der Waals surface area contributed by atoms with Crippen LogP contribution in [0.4, 0.5) is 20.6 Å². The zero-order chi connectivity index (χ0) is 19.4. The monoisotopic (exact) mass is 371 g/mol. The minimum atomic E-state index is -0.791. The number of nitrogens with zero attached hydrogens (tertiary/aromatic N) is 2. The second kappa shape index (κ2) is 7.86. The van der Waals surface area contributed by atoms with Gasteiger partial charge in [-0.15, -0.1) is 0 Å². The van der Waals surface area contributed by atoms with Gasteiger partial charge in [0.15, 0.2) is 0 Å². The summed E-state index contributed by atoms with van der Waals surface area (Å²) < 4.78 is 18.0. The Morgan fingerprint density at radius 1 is 1.26 bits per heavy atom. The van der Waals surface area contributed by atoms with E-state index in [1.165, 1.54) is 24.1 Å². The lowest BCUT2D eigenvalue weighted by molar-refractivity contribution is -0.125.